The highest BCUT2D eigenvalue weighted by atomic mass is 28.4. The predicted octanol–water partition coefficient (Wildman–Crippen LogP) is 1.51. The topological polar surface area (TPSA) is 57.2 Å². The summed E-state index contributed by atoms with van der Waals surface area (Å²) >= 11 is 0. The fourth-order valence-electron chi connectivity index (χ4n) is 0.881. The van der Waals surface area contributed by atoms with Gasteiger partial charge in [0.05, 0.1) is 12.9 Å². The van der Waals surface area contributed by atoms with E-state index in [4.69, 9.17) is 23.1 Å². The van der Waals surface area contributed by atoms with Crippen molar-refractivity contribution in [3.05, 3.63) is 25.1 Å². The molecule has 0 aliphatic heterocycles. The lowest BCUT2D eigenvalue weighted by atomic mass is 10.3. The average Bonchev–Trinajstić information content (AvgIpc) is 2.39. The minimum absolute atomic E-state index is 0.250. The first-order valence-electron chi connectivity index (χ1n) is 5.28. The molecular weight excluding hydrogens is 240 g/mol. The van der Waals surface area contributed by atoms with Gasteiger partial charge in [0.25, 0.3) is 0 Å². The van der Waals surface area contributed by atoms with Gasteiger partial charge in [-0.15, -0.1) is 0 Å². The van der Waals surface area contributed by atoms with Crippen LogP contribution in [0.5, 0.6) is 0 Å². The number of aliphatic hydroxyl groups is 1. The zero-order chi connectivity index (χ0) is 13.6. The lowest BCUT2D eigenvalue weighted by Crippen LogP contribution is -2.40. The van der Waals surface area contributed by atoms with E-state index in [-0.39, 0.29) is 6.61 Å². The lowest BCUT2D eigenvalue weighted by Gasteiger charge is -2.19. The van der Waals surface area contributed by atoms with E-state index >= 15 is 0 Å². The molecule has 0 radical (unpaired) electrons. The molecule has 17 heavy (non-hydrogen) atoms. The standard InChI is InChI=1S/C6H12O2.C5H12O3Si/c1-2-8-6-4-3-5-7;1-5-9(6-2,7-3)8-4/h2,7H,1,3-6H2;5H,1H2,2-4H3. The van der Waals surface area contributed by atoms with Crippen LogP contribution < -0.4 is 0 Å². The highest BCUT2D eigenvalue weighted by Gasteiger charge is 2.33. The van der Waals surface area contributed by atoms with Gasteiger partial charge in [0.1, 0.15) is 0 Å². The van der Waals surface area contributed by atoms with Crippen molar-refractivity contribution < 1.29 is 23.1 Å². The van der Waals surface area contributed by atoms with E-state index in [1.54, 1.807) is 27.0 Å². The lowest BCUT2D eigenvalue weighted by molar-refractivity contribution is 0.138. The van der Waals surface area contributed by atoms with Gasteiger partial charge in [-0.05, 0) is 18.5 Å². The monoisotopic (exact) mass is 264 g/mol. The predicted molar refractivity (Wildman–Crippen MR) is 69.4 cm³/mol. The van der Waals surface area contributed by atoms with Crippen LogP contribution in [0.1, 0.15) is 12.8 Å². The summed E-state index contributed by atoms with van der Waals surface area (Å²) < 4.78 is 19.7. The van der Waals surface area contributed by atoms with Crippen molar-refractivity contribution >= 4 is 8.80 Å². The number of rotatable bonds is 9. The smallest absolute Gasteiger partial charge is 0.502 e. The Bertz CT molecular complexity index is 174. The summed E-state index contributed by atoms with van der Waals surface area (Å²) in [7, 11) is 2.20. The number of hydrogen-bond acceptors (Lipinski definition) is 5. The Kier molecular flexibility index (Phi) is 14.7. The van der Waals surface area contributed by atoms with Gasteiger partial charge in [-0.3, -0.25) is 0 Å². The minimum atomic E-state index is -2.43. The normalized spacial score (nSPS) is 10.1. The zero-order valence-electron chi connectivity index (χ0n) is 11.0. The molecule has 1 N–H and O–H groups in total. The zero-order valence-corrected chi connectivity index (χ0v) is 12.0. The summed E-state index contributed by atoms with van der Waals surface area (Å²) in [4.78, 5) is 0. The molecule has 0 rings (SSSR count). The van der Waals surface area contributed by atoms with Crippen LogP contribution in [0.4, 0.5) is 0 Å². The van der Waals surface area contributed by atoms with E-state index in [0.717, 1.165) is 12.8 Å². The van der Waals surface area contributed by atoms with E-state index in [9.17, 15) is 0 Å². The summed E-state index contributed by atoms with van der Waals surface area (Å²) in [5.74, 6) is 0. The van der Waals surface area contributed by atoms with E-state index < -0.39 is 8.80 Å². The van der Waals surface area contributed by atoms with E-state index in [0.29, 0.717) is 6.61 Å². The molecule has 0 aliphatic carbocycles. The third kappa shape index (κ3) is 10.2. The van der Waals surface area contributed by atoms with Crippen LogP contribution in [0, 0.1) is 0 Å². The van der Waals surface area contributed by atoms with E-state index in [1.807, 2.05) is 0 Å². The molecule has 0 amide bonds. The highest BCUT2D eigenvalue weighted by molar-refractivity contribution is 6.66. The van der Waals surface area contributed by atoms with Gasteiger partial charge in [0.2, 0.25) is 0 Å². The summed E-state index contributed by atoms with van der Waals surface area (Å²) in [6, 6.07) is 0. The number of unbranched alkanes of at least 4 members (excludes halogenated alkanes) is 1. The van der Waals surface area contributed by atoms with Crippen molar-refractivity contribution in [3.8, 4) is 0 Å². The Morgan fingerprint density at radius 1 is 1.06 bits per heavy atom. The average molecular weight is 264 g/mol. The van der Waals surface area contributed by atoms with Crippen LogP contribution in [0.2, 0.25) is 0 Å². The number of hydrogen-bond donors (Lipinski definition) is 1. The van der Waals surface area contributed by atoms with Gasteiger partial charge < -0.3 is 23.1 Å². The second-order valence-corrected chi connectivity index (χ2v) is 5.73. The molecule has 0 aromatic rings. The molecular formula is C11H24O5Si. The third-order valence-electron chi connectivity index (χ3n) is 1.89. The quantitative estimate of drug-likeness (QED) is 0.388. The number of ether oxygens (including phenoxy) is 1. The van der Waals surface area contributed by atoms with Gasteiger partial charge in [-0.1, -0.05) is 13.2 Å². The maximum Gasteiger partial charge on any atom is 0.528 e. The highest BCUT2D eigenvalue weighted by Crippen LogP contribution is 2.04. The van der Waals surface area contributed by atoms with Crippen molar-refractivity contribution in [1.29, 1.82) is 0 Å². The summed E-state index contributed by atoms with van der Waals surface area (Å²) in [6.07, 6.45) is 3.13. The molecule has 0 bridgehead atoms. The summed E-state index contributed by atoms with van der Waals surface area (Å²) in [5.41, 5.74) is 1.58. The van der Waals surface area contributed by atoms with E-state index in [2.05, 4.69) is 13.2 Å². The van der Waals surface area contributed by atoms with Crippen LogP contribution in [-0.4, -0.2) is 48.5 Å². The first-order valence-corrected chi connectivity index (χ1v) is 7.08. The largest absolute Gasteiger partial charge is 0.528 e. The Labute approximate surface area is 105 Å². The van der Waals surface area contributed by atoms with Crippen molar-refractivity contribution in [2.75, 3.05) is 34.5 Å². The van der Waals surface area contributed by atoms with Gasteiger partial charge in [-0.2, -0.15) is 0 Å². The summed E-state index contributed by atoms with van der Waals surface area (Å²) in [5, 5.41) is 8.28. The molecule has 0 aliphatic rings. The fraction of sp³-hybridized carbons (Fsp3) is 0.636. The molecule has 0 aromatic carbocycles. The van der Waals surface area contributed by atoms with Crippen molar-refractivity contribution in [3.63, 3.8) is 0 Å². The molecule has 6 heteroatoms. The van der Waals surface area contributed by atoms with Gasteiger partial charge in [-0.25, -0.2) is 0 Å². The van der Waals surface area contributed by atoms with Crippen LogP contribution >= 0.6 is 0 Å². The fourth-order valence-corrected chi connectivity index (χ4v) is 1.88. The molecule has 0 heterocycles. The molecule has 0 atom stereocenters. The SMILES string of the molecule is C=COCCCCO.C=C[Si](OC)(OC)OC. The van der Waals surface area contributed by atoms with Gasteiger partial charge in [0.15, 0.2) is 0 Å². The van der Waals surface area contributed by atoms with Crippen LogP contribution in [0.25, 0.3) is 0 Å². The first-order chi connectivity index (χ1) is 8.16. The first kappa shape index (κ1) is 18.7. The van der Waals surface area contributed by atoms with Crippen molar-refractivity contribution in [2.45, 2.75) is 12.8 Å². The molecule has 0 aromatic heterocycles. The van der Waals surface area contributed by atoms with E-state index in [1.165, 1.54) is 6.26 Å². The Morgan fingerprint density at radius 3 is 1.82 bits per heavy atom. The molecule has 5 nitrogen and oxygen atoms in total. The molecule has 102 valence electrons. The van der Waals surface area contributed by atoms with Gasteiger partial charge in [0, 0.05) is 27.9 Å². The molecule has 0 saturated heterocycles. The maximum absolute atomic E-state index is 8.28. The minimum Gasteiger partial charge on any atom is -0.502 e. The van der Waals surface area contributed by atoms with Crippen molar-refractivity contribution in [1.82, 2.24) is 0 Å². The molecule has 0 fully saturated rings. The van der Waals surface area contributed by atoms with Gasteiger partial charge >= 0.3 is 8.80 Å². The summed E-state index contributed by atoms with van der Waals surface area (Å²) in [6.45, 7) is 7.83. The Morgan fingerprint density at radius 2 is 1.59 bits per heavy atom. The van der Waals surface area contributed by atoms with Crippen LogP contribution in [0.3, 0.4) is 0 Å². The maximum atomic E-state index is 8.28. The second kappa shape index (κ2) is 13.4. The second-order valence-electron chi connectivity index (χ2n) is 2.89. The number of aliphatic hydroxyl groups excluding tert-OH is 1. The third-order valence-corrected chi connectivity index (χ3v) is 4.10. The molecule has 0 saturated carbocycles. The van der Waals surface area contributed by atoms with Crippen LogP contribution in [-0.2, 0) is 18.0 Å². The molecule has 0 unspecified atom stereocenters. The van der Waals surface area contributed by atoms with Crippen LogP contribution in [0.15, 0.2) is 25.1 Å². The Balaban J connectivity index is 0. The van der Waals surface area contributed by atoms with Crippen molar-refractivity contribution in [2.24, 2.45) is 0 Å². The molecule has 0 spiro atoms. The Hall–Kier alpha value is -0.663.